The number of benzene rings is 1. The Bertz CT molecular complexity index is 555. The van der Waals surface area contributed by atoms with Gasteiger partial charge in [0.05, 0.1) is 18.0 Å². The number of pyridine rings is 1. The Morgan fingerprint density at radius 2 is 2.20 bits per heavy atom. The molecule has 0 amide bonds. The van der Waals surface area contributed by atoms with Gasteiger partial charge >= 0.3 is 0 Å². The number of hydrogen-bond acceptors (Lipinski definition) is 2. The Hall–Kier alpha value is -1.95. The van der Waals surface area contributed by atoms with Crippen LogP contribution in [0.3, 0.4) is 0 Å². The summed E-state index contributed by atoms with van der Waals surface area (Å²) in [6.07, 6.45) is 0.281. The number of hydrogen-bond donors (Lipinski definition) is 0. The van der Waals surface area contributed by atoms with Crippen molar-refractivity contribution in [3.8, 4) is 6.07 Å². The number of fused-ring (bicyclic) bond motifs is 1. The molecule has 0 spiro atoms. The van der Waals surface area contributed by atoms with Crippen LogP contribution >= 0.6 is 0 Å². The molecule has 0 N–H and O–H groups in total. The first kappa shape index (κ1) is 9.60. The summed E-state index contributed by atoms with van der Waals surface area (Å²) < 4.78 is 13.0. The summed E-state index contributed by atoms with van der Waals surface area (Å²) in [6.45, 7) is 1.86. The van der Waals surface area contributed by atoms with E-state index < -0.39 is 0 Å². The smallest absolute Gasteiger partial charge is 0.123 e. The number of aryl methyl sites for hydroxylation is 1. The molecule has 0 aliphatic heterocycles. The topological polar surface area (TPSA) is 36.7 Å². The van der Waals surface area contributed by atoms with Gasteiger partial charge < -0.3 is 0 Å². The zero-order valence-electron chi connectivity index (χ0n) is 8.29. The molecule has 2 nitrogen and oxygen atoms in total. The highest BCUT2D eigenvalue weighted by Crippen LogP contribution is 2.19. The van der Waals surface area contributed by atoms with Gasteiger partial charge in [-0.3, -0.25) is 4.98 Å². The van der Waals surface area contributed by atoms with Gasteiger partial charge in [0.25, 0.3) is 0 Å². The van der Waals surface area contributed by atoms with E-state index in [1.165, 1.54) is 12.1 Å². The van der Waals surface area contributed by atoms with Crippen molar-refractivity contribution in [1.29, 1.82) is 5.26 Å². The first-order valence-electron chi connectivity index (χ1n) is 4.63. The summed E-state index contributed by atoms with van der Waals surface area (Å²) in [5, 5.41) is 9.40. The third-order valence-electron chi connectivity index (χ3n) is 2.25. The second-order valence-corrected chi connectivity index (χ2v) is 3.42. The first-order valence-corrected chi connectivity index (χ1v) is 4.63. The third kappa shape index (κ3) is 1.79. The Balaban J connectivity index is 2.77. The molecule has 0 fully saturated rings. The summed E-state index contributed by atoms with van der Waals surface area (Å²) >= 11 is 0. The van der Waals surface area contributed by atoms with Crippen LogP contribution < -0.4 is 0 Å². The van der Waals surface area contributed by atoms with Gasteiger partial charge in [-0.2, -0.15) is 5.26 Å². The highest BCUT2D eigenvalue weighted by Gasteiger charge is 2.04. The van der Waals surface area contributed by atoms with Gasteiger partial charge in [0.15, 0.2) is 0 Å². The van der Waals surface area contributed by atoms with Crippen molar-refractivity contribution in [2.45, 2.75) is 13.3 Å². The van der Waals surface area contributed by atoms with E-state index in [4.69, 9.17) is 5.26 Å². The Morgan fingerprint density at radius 1 is 1.40 bits per heavy atom. The number of rotatable bonds is 1. The van der Waals surface area contributed by atoms with Crippen molar-refractivity contribution in [2.24, 2.45) is 0 Å². The largest absolute Gasteiger partial charge is 0.253 e. The van der Waals surface area contributed by atoms with Gasteiger partial charge in [0.2, 0.25) is 0 Å². The second kappa shape index (κ2) is 3.66. The van der Waals surface area contributed by atoms with Crippen LogP contribution in [0.5, 0.6) is 0 Å². The molecule has 0 atom stereocenters. The maximum absolute atomic E-state index is 13.0. The van der Waals surface area contributed by atoms with E-state index in [-0.39, 0.29) is 12.2 Å². The molecule has 3 heteroatoms. The van der Waals surface area contributed by atoms with Crippen LogP contribution in [0, 0.1) is 24.1 Å². The molecular formula is C12H9FN2. The molecule has 1 aromatic heterocycles. The number of nitrogens with zero attached hydrogens (tertiary/aromatic N) is 2. The van der Waals surface area contributed by atoms with Gasteiger partial charge in [-0.1, -0.05) is 0 Å². The fourth-order valence-electron chi connectivity index (χ4n) is 1.65. The lowest BCUT2D eigenvalue weighted by molar-refractivity contribution is 0.629. The lowest BCUT2D eigenvalue weighted by atomic mass is 10.1. The van der Waals surface area contributed by atoms with Crippen molar-refractivity contribution >= 4 is 10.9 Å². The molecular weight excluding hydrogens is 191 g/mol. The monoisotopic (exact) mass is 200 g/mol. The van der Waals surface area contributed by atoms with E-state index in [0.717, 1.165) is 22.2 Å². The molecule has 0 unspecified atom stereocenters. The fourth-order valence-corrected chi connectivity index (χ4v) is 1.65. The highest BCUT2D eigenvalue weighted by atomic mass is 19.1. The van der Waals surface area contributed by atoms with Gasteiger partial charge in [-0.15, -0.1) is 0 Å². The van der Waals surface area contributed by atoms with Gasteiger partial charge in [0, 0.05) is 11.1 Å². The molecule has 74 valence electrons. The van der Waals surface area contributed by atoms with E-state index in [1.54, 1.807) is 6.07 Å². The van der Waals surface area contributed by atoms with Crippen LogP contribution in [0.15, 0.2) is 24.3 Å². The molecule has 2 rings (SSSR count). The molecule has 0 bridgehead atoms. The zero-order valence-corrected chi connectivity index (χ0v) is 8.29. The average molecular weight is 200 g/mol. The summed E-state index contributed by atoms with van der Waals surface area (Å²) in [6, 6.07) is 8.34. The highest BCUT2D eigenvalue weighted by molar-refractivity contribution is 5.82. The van der Waals surface area contributed by atoms with Crippen LogP contribution in [0.1, 0.15) is 11.3 Å². The standard InChI is InChI=1S/C12H9FN2/c1-8-6-9(4-5-14)11-7-10(13)2-3-12(11)15-8/h2-3,6-7H,4H2,1H3. The Labute approximate surface area is 87.0 Å². The maximum Gasteiger partial charge on any atom is 0.123 e. The molecule has 0 saturated carbocycles. The quantitative estimate of drug-likeness (QED) is 0.709. The predicted octanol–water partition coefficient (Wildman–Crippen LogP) is 2.75. The van der Waals surface area contributed by atoms with E-state index in [0.29, 0.717) is 0 Å². The molecule has 0 aliphatic rings. The van der Waals surface area contributed by atoms with Gasteiger partial charge in [-0.25, -0.2) is 4.39 Å². The molecule has 1 aromatic carbocycles. The molecule has 0 aliphatic carbocycles. The SMILES string of the molecule is Cc1cc(CC#N)c2cc(F)ccc2n1. The fraction of sp³-hybridized carbons (Fsp3) is 0.167. The van der Waals surface area contributed by atoms with E-state index in [1.807, 2.05) is 13.0 Å². The summed E-state index contributed by atoms with van der Waals surface area (Å²) in [7, 11) is 0. The molecule has 2 aromatic rings. The lowest BCUT2D eigenvalue weighted by Gasteiger charge is -2.04. The zero-order chi connectivity index (χ0) is 10.8. The maximum atomic E-state index is 13.0. The number of nitriles is 1. The lowest BCUT2D eigenvalue weighted by Crippen LogP contribution is -1.91. The van der Waals surface area contributed by atoms with Crippen LogP contribution in [0.4, 0.5) is 4.39 Å². The van der Waals surface area contributed by atoms with Crippen LogP contribution in [-0.2, 0) is 6.42 Å². The van der Waals surface area contributed by atoms with E-state index >= 15 is 0 Å². The number of aromatic nitrogens is 1. The van der Waals surface area contributed by atoms with E-state index in [2.05, 4.69) is 11.1 Å². The Morgan fingerprint density at radius 3 is 2.93 bits per heavy atom. The normalized spacial score (nSPS) is 10.2. The molecule has 15 heavy (non-hydrogen) atoms. The van der Waals surface area contributed by atoms with Gasteiger partial charge in [0.1, 0.15) is 5.82 Å². The van der Waals surface area contributed by atoms with Crippen LogP contribution in [0.25, 0.3) is 10.9 Å². The van der Waals surface area contributed by atoms with Crippen molar-refractivity contribution in [3.63, 3.8) is 0 Å². The second-order valence-electron chi connectivity index (χ2n) is 3.42. The van der Waals surface area contributed by atoms with Gasteiger partial charge in [-0.05, 0) is 36.8 Å². The minimum atomic E-state index is -0.299. The molecule has 1 heterocycles. The van der Waals surface area contributed by atoms with Crippen molar-refractivity contribution in [1.82, 2.24) is 4.98 Å². The van der Waals surface area contributed by atoms with Crippen molar-refractivity contribution < 1.29 is 4.39 Å². The summed E-state index contributed by atoms with van der Waals surface area (Å²) in [4.78, 5) is 4.28. The van der Waals surface area contributed by atoms with Crippen molar-refractivity contribution in [3.05, 3.63) is 41.3 Å². The summed E-state index contributed by atoms with van der Waals surface area (Å²) in [5.74, 6) is -0.299. The number of halogens is 1. The molecule has 0 saturated heterocycles. The van der Waals surface area contributed by atoms with Crippen LogP contribution in [0.2, 0.25) is 0 Å². The van der Waals surface area contributed by atoms with E-state index in [9.17, 15) is 4.39 Å². The van der Waals surface area contributed by atoms with Crippen molar-refractivity contribution in [2.75, 3.05) is 0 Å². The summed E-state index contributed by atoms with van der Waals surface area (Å²) in [5.41, 5.74) is 2.42. The predicted molar refractivity (Wildman–Crippen MR) is 55.8 cm³/mol. The minimum Gasteiger partial charge on any atom is -0.253 e. The third-order valence-corrected chi connectivity index (χ3v) is 2.25. The average Bonchev–Trinajstić information content (AvgIpc) is 2.19. The van der Waals surface area contributed by atoms with Crippen LogP contribution in [-0.4, -0.2) is 4.98 Å². The molecule has 0 radical (unpaired) electrons. The minimum absolute atomic E-state index is 0.281. The first-order chi connectivity index (χ1) is 7.20. The Kier molecular flexibility index (Phi) is 2.34.